The Kier molecular flexibility index (Phi) is 4.70. The Morgan fingerprint density at radius 2 is 2.38 bits per heavy atom. The largest absolute Gasteiger partial charge is 0.389 e. The van der Waals surface area contributed by atoms with Crippen LogP contribution in [0, 0.1) is 5.92 Å². The van der Waals surface area contributed by atoms with Gasteiger partial charge in [0.25, 0.3) is 0 Å². The molecule has 78 valence electrons. The fourth-order valence-corrected chi connectivity index (χ4v) is 1.73. The highest BCUT2D eigenvalue weighted by atomic mass is 16.5. The minimum Gasteiger partial charge on any atom is -0.389 e. The summed E-state index contributed by atoms with van der Waals surface area (Å²) in [6, 6.07) is 0.659. The lowest BCUT2D eigenvalue weighted by atomic mass is 10.2. The molecule has 0 bridgehead atoms. The van der Waals surface area contributed by atoms with Crippen molar-refractivity contribution in [2.75, 3.05) is 20.3 Å². The maximum atomic E-state index is 9.35. The van der Waals surface area contributed by atoms with Gasteiger partial charge in [-0.05, 0) is 18.8 Å². The molecule has 13 heavy (non-hydrogen) atoms. The van der Waals surface area contributed by atoms with Gasteiger partial charge in [0, 0.05) is 19.7 Å². The normalized spacial score (nSPS) is 28.8. The summed E-state index contributed by atoms with van der Waals surface area (Å²) in [5.41, 5.74) is 0. The summed E-state index contributed by atoms with van der Waals surface area (Å²) in [4.78, 5) is 0. The molecule has 0 spiro atoms. The molecule has 3 nitrogen and oxygen atoms in total. The zero-order valence-corrected chi connectivity index (χ0v) is 8.62. The van der Waals surface area contributed by atoms with Gasteiger partial charge in [0.2, 0.25) is 0 Å². The average molecular weight is 187 g/mol. The highest BCUT2D eigenvalue weighted by Crippen LogP contribution is 2.34. The van der Waals surface area contributed by atoms with E-state index in [0.717, 1.165) is 5.92 Å². The van der Waals surface area contributed by atoms with E-state index >= 15 is 0 Å². The summed E-state index contributed by atoms with van der Waals surface area (Å²) >= 11 is 0. The molecule has 3 unspecified atom stereocenters. The third kappa shape index (κ3) is 4.07. The van der Waals surface area contributed by atoms with Crippen LogP contribution in [0.25, 0.3) is 0 Å². The van der Waals surface area contributed by atoms with Gasteiger partial charge in [-0.1, -0.05) is 13.3 Å². The van der Waals surface area contributed by atoms with Gasteiger partial charge in [0.15, 0.2) is 0 Å². The summed E-state index contributed by atoms with van der Waals surface area (Å²) in [6.07, 6.45) is 3.52. The fraction of sp³-hybridized carbons (Fsp3) is 1.00. The summed E-state index contributed by atoms with van der Waals surface area (Å²) in [5, 5.41) is 12.7. The van der Waals surface area contributed by atoms with Crippen LogP contribution in [0.15, 0.2) is 0 Å². The molecule has 0 amide bonds. The number of aliphatic hydroxyl groups is 1. The van der Waals surface area contributed by atoms with Crippen molar-refractivity contribution in [1.82, 2.24) is 5.32 Å². The molecule has 3 heteroatoms. The monoisotopic (exact) mass is 187 g/mol. The van der Waals surface area contributed by atoms with Crippen LogP contribution in [0.1, 0.15) is 26.2 Å². The number of hydrogen-bond acceptors (Lipinski definition) is 3. The van der Waals surface area contributed by atoms with Crippen LogP contribution < -0.4 is 5.32 Å². The molecular formula is C10H21NO2. The molecule has 0 aromatic carbocycles. The first-order chi connectivity index (χ1) is 6.27. The minimum absolute atomic E-state index is 0.354. The Labute approximate surface area is 80.5 Å². The number of ether oxygens (including phenoxy) is 1. The number of hydrogen-bond donors (Lipinski definition) is 2. The molecule has 1 aliphatic carbocycles. The molecule has 2 N–H and O–H groups in total. The van der Waals surface area contributed by atoms with Gasteiger partial charge in [-0.2, -0.15) is 0 Å². The van der Waals surface area contributed by atoms with E-state index in [4.69, 9.17) is 4.74 Å². The van der Waals surface area contributed by atoms with E-state index in [2.05, 4.69) is 12.2 Å². The van der Waals surface area contributed by atoms with Crippen LogP contribution in [0.2, 0.25) is 0 Å². The van der Waals surface area contributed by atoms with Gasteiger partial charge in [0.05, 0.1) is 12.7 Å². The van der Waals surface area contributed by atoms with Crippen molar-refractivity contribution in [2.45, 2.75) is 38.3 Å². The molecule has 0 saturated heterocycles. The number of methoxy groups -OCH3 is 1. The topological polar surface area (TPSA) is 41.5 Å². The lowest BCUT2D eigenvalue weighted by Crippen LogP contribution is -2.32. The Morgan fingerprint density at radius 3 is 3.00 bits per heavy atom. The van der Waals surface area contributed by atoms with E-state index in [1.54, 1.807) is 7.11 Å². The highest BCUT2D eigenvalue weighted by molar-refractivity contribution is 4.92. The predicted octanol–water partition coefficient (Wildman–Crippen LogP) is 0.772. The van der Waals surface area contributed by atoms with Crippen LogP contribution in [-0.4, -0.2) is 37.5 Å². The third-order valence-corrected chi connectivity index (χ3v) is 2.56. The minimum atomic E-state index is -0.354. The van der Waals surface area contributed by atoms with E-state index in [1.165, 1.54) is 19.3 Å². The Bertz CT molecular complexity index is 141. The number of nitrogens with one attached hydrogen (secondary N) is 1. The Hall–Kier alpha value is -0.120. The fourth-order valence-electron chi connectivity index (χ4n) is 1.73. The van der Waals surface area contributed by atoms with Crippen LogP contribution in [-0.2, 0) is 4.74 Å². The molecule has 1 fully saturated rings. The zero-order valence-electron chi connectivity index (χ0n) is 8.62. The summed E-state index contributed by atoms with van der Waals surface area (Å²) in [7, 11) is 1.61. The lowest BCUT2D eigenvalue weighted by Gasteiger charge is -2.10. The molecule has 0 aromatic heterocycles. The number of aliphatic hydroxyl groups excluding tert-OH is 1. The van der Waals surface area contributed by atoms with E-state index in [-0.39, 0.29) is 6.10 Å². The second-order valence-corrected chi connectivity index (χ2v) is 3.91. The highest BCUT2D eigenvalue weighted by Gasteiger charge is 2.35. The van der Waals surface area contributed by atoms with Crippen molar-refractivity contribution < 1.29 is 9.84 Å². The third-order valence-electron chi connectivity index (χ3n) is 2.56. The van der Waals surface area contributed by atoms with E-state index in [1.807, 2.05) is 0 Å². The maximum absolute atomic E-state index is 9.35. The van der Waals surface area contributed by atoms with Gasteiger partial charge in [0.1, 0.15) is 0 Å². The standard InChI is InChI=1S/C10H21NO2/c1-3-4-8-5-10(8)11-6-9(12)7-13-2/h8-12H,3-7H2,1-2H3. The first kappa shape index (κ1) is 11.0. The van der Waals surface area contributed by atoms with Crippen LogP contribution in [0.5, 0.6) is 0 Å². The van der Waals surface area contributed by atoms with Gasteiger partial charge in [-0.25, -0.2) is 0 Å². The van der Waals surface area contributed by atoms with Crippen molar-refractivity contribution in [3.05, 3.63) is 0 Å². The van der Waals surface area contributed by atoms with Gasteiger partial charge >= 0.3 is 0 Å². The Morgan fingerprint density at radius 1 is 1.62 bits per heavy atom. The van der Waals surface area contributed by atoms with Crippen molar-refractivity contribution in [3.63, 3.8) is 0 Å². The van der Waals surface area contributed by atoms with Crippen LogP contribution in [0.4, 0.5) is 0 Å². The van der Waals surface area contributed by atoms with Crippen LogP contribution >= 0.6 is 0 Å². The van der Waals surface area contributed by atoms with E-state index in [9.17, 15) is 5.11 Å². The van der Waals surface area contributed by atoms with Crippen LogP contribution in [0.3, 0.4) is 0 Å². The SMILES string of the molecule is CCCC1CC1NCC(O)COC. The molecule has 1 aliphatic rings. The summed E-state index contributed by atoms with van der Waals surface area (Å²) in [6.45, 7) is 3.31. The molecule has 1 rings (SSSR count). The van der Waals surface area contributed by atoms with Gasteiger partial charge < -0.3 is 15.2 Å². The van der Waals surface area contributed by atoms with Crippen molar-refractivity contribution in [1.29, 1.82) is 0 Å². The molecule has 3 atom stereocenters. The van der Waals surface area contributed by atoms with Crippen molar-refractivity contribution in [2.24, 2.45) is 5.92 Å². The Balaban J connectivity index is 1.95. The maximum Gasteiger partial charge on any atom is 0.0897 e. The van der Waals surface area contributed by atoms with Gasteiger partial charge in [-0.3, -0.25) is 0 Å². The molecule has 0 aliphatic heterocycles. The second kappa shape index (κ2) is 5.58. The summed E-state index contributed by atoms with van der Waals surface area (Å²) < 4.78 is 4.84. The molecule has 0 aromatic rings. The quantitative estimate of drug-likeness (QED) is 0.618. The second-order valence-electron chi connectivity index (χ2n) is 3.91. The predicted molar refractivity (Wildman–Crippen MR) is 52.7 cm³/mol. The first-order valence-electron chi connectivity index (χ1n) is 5.18. The summed E-state index contributed by atoms with van der Waals surface area (Å²) in [5.74, 6) is 0.861. The lowest BCUT2D eigenvalue weighted by molar-refractivity contribution is 0.0641. The van der Waals surface area contributed by atoms with Crippen molar-refractivity contribution in [3.8, 4) is 0 Å². The number of rotatable bonds is 7. The molecule has 0 heterocycles. The average Bonchev–Trinajstić information content (AvgIpc) is 2.82. The van der Waals surface area contributed by atoms with Crippen molar-refractivity contribution >= 4 is 0 Å². The zero-order chi connectivity index (χ0) is 9.68. The van der Waals surface area contributed by atoms with Gasteiger partial charge in [-0.15, -0.1) is 0 Å². The smallest absolute Gasteiger partial charge is 0.0897 e. The molecule has 1 saturated carbocycles. The molecular weight excluding hydrogens is 166 g/mol. The molecule has 0 radical (unpaired) electrons. The van der Waals surface area contributed by atoms with E-state index < -0.39 is 0 Å². The first-order valence-corrected chi connectivity index (χ1v) is 5.18. The van der Waals surface area contributed by atoms with E-state index in [0.29, 0.717) is 19.2 Å².